The minimum absolute atomic E-state index is 0.331. The van der Waals surface area contributed by atoms with E-state index in [1.807, 2.05) is 19.1 Å². The fraction of sp³-hybridized carbons (Fsp3) is 0.167. The first-order chi connectivity index (χ1) is 8.24. The van der Waals surface area contributed by atoms with Crippen LogP contribution >= 0.6 is 11.8 Å². The van der Waals surface area contributed by atoms with E-state index in [4.69, 9.17) is 0 Å². The van der Waals surface area contributed by atoms with Crippen LogP contribution in [0.4, 0.5) is 0 Å². The van der Waals surface area contributed by atoms with Crippen LogP contribution in [0.1, 0.15) is 17.3 Å². The standard InChI is InChI=1S/C12H12N2O2S/c1-2-17-10-5-3-4-9(11(10)12(15)16)14-7-6-13-8-14/h3-8H,2H2,1H3,(H,15,16). The molecule has 0 amide bonds. The van der Waals surface area contributed by atoms with Gasteiger partial charge in [-0.25, -0.2) is 9.78 Å². The molecule has 5 heteroatoms. The van der Waals surface area contributed by atoms with Crippen molar-refractivity contribution < 1.29 is 9.90 Å². The maximum absolute atomic E-state index is 11.4. The van der Waals surface area contributed by atoms with Crippen molar-refractivity contribution in [3.05, 3.63) is 42.5 Å². The topological polar surface area (TPSA) is 55.1 Å². The second kappa shape index (κ2) is 5.05. The van der Waals surface area contributed by atoms with E-state index in [0.717, 1.165) is 10.6 Å². The van der Waals surface area contributed by atoms with Crippen LogP contribution in [0.15, 0.2) is 41.8 Å². The molecule has 88 valence electrons. The minimum atomic E-state index is -0.912. The van der Waals surface area contributed by atoms with Crippen molar-refractivity contribution in [2.24, 2.45) is 0 Å². The average Bonchev–Trinajstić information content (AvgIpc) is 2.82. The zero-order chi connectivity index (χ0) is 12.3. The van der Waals surface area contributed by atoms with Gasteiger partial charge >= 0.3 is 5.97 Å². The smallest absolute Gasteiger partial charge is 0.338 e. The highest BCUT2D eigenvalue weighted by Crippen LogP contribution is 2.27. The predicted octanol–water partition coefficient (Wildman–Crippen LogP) is 2.68. The highest BCUT2D eigenvalue weighted by atomic mass is 32.2. The van der Waals surface area contributed by atoms with Gasteiger partial charge < -0.3 is 9.67 Å². The predicted molar refractivity (Wildman–Crippen MR) is 66.9 cm³/mol. The molecule has 17 heavy (non-hydrogen) atoms. The summed E-state index contributed by atoms with van der Waals surface area (Å²) in [5.41, 5.74) is 0.978. The van der Waals surface area contributed by atoms with Crippen LogP contribution < -0.4 is 0 Å². The molecule has 0 radical (unpaired) electrons. The van der Waals surface area contributed by atoms with Crippen molar-refractivity contribution in [3.8, 4) is 5.69 Å². The quantitative estimate of drug-likeness (QED) is 0.845. The van der Waals surface area contributed by atoms with Crippen LogP contribution in [0.2, 0.25) is 0 Å². The summed E-state index contributed by atoms with van der Waals surface area (Å²) in [4.78, 5) is 16.1. The molecule has 0 saturated heterocycles. The third-order valence-corrected chi connectivity index (χ3v) is 3.24. The summed E-state index contributed by atoms with van der Waals surface area (Å²) in [6, 6.07) is 5.47. The molecule has 4 nitrogen and oxygen atoms in total. The summed E-state index contributed by atoms with van der Waals surface area (Å²) in [5.74, 6) is -0.0709. The molecule has 0 saturated carbocycles. The Hall–Kier alpha value is -1.75. The third-order valence-electron chi connectivity index (χ3n) is 2.30. The van der Waals surface area contributed by atoms with Gasteiger partial charge in [0, 0.05) is 17.3 Å². The molecule has 0 fully saturated rings. The lowest BCUT2D eigenvalue weighted by molar-refractivity contribution is 0.0693. The van der Waals surface area contributed by atoms with Crippen LogP contribution in [0.5, 0.6) is 0 Å². The molecule has 1 N–H and O–H groups in total. The highest BCUT2D eigenvalue weighted by molar-refractivity contribution is 7.99. The van der Waals surface area contributed by atoms with Gasteiger partial charge in [-0.15, -0.1) is 11.8 Å². The van der Waals surface area contributed by atoms with Crippen LogP contribution in [0, 0.1) is 0 Å². The van der Waals surface area contributed by atoms with Gasteiger partial charge in [-0.05, 0) is 17.9 Å². The molecule has 0 aliphatic rings. The Morgan fingerprint density at radius 1 is 1.53 bits per heavy atom. The van der Waals surface area contributed by atoms with E-state index in [1.165, 1.54) is 11.8 Å². The molecule has 1 heterocycles. The monoisotopic (exact) mass is 248 g/mol. The molecule has 2 rings (SSSR count). The van der Waals surface area contributed by atoms with Crippen molar-refractivity contribution in [2.45, 2.75) is 11.8 Å². The summed E-state index contributed by atoms with van der Waals surface area (Å²) in [6.07, 6.45) is 4.97. The average molecular weight is 248 g/mol. The molecule has 0 aliphatic carbocycles. The molecule has 1 aromatic heterocycles. The van der Waals surface area contributed by atoms with E-state index in [2.05, 4.69) is 4.98 Å². The lowest BCUT2D eigenvalue weighted by atomic mass is 10.2. The summed E-state index contributed by atoms with van der Waals surface area (Å²) in [5, 5.41) is 9.32. The number of rotatable bonds is 4. The SMILES string of the molecule is CCSc1cccc(-n2ccnc2)c1C(=O)O. The van der Waals surface area contributed by atoms with Gasteiger partial charge in [0.15, 0.2) is 0 Å². The van der Waals surface area contributed by atoms with Crippen LogP contribution in [-0.4, -0.2) is 26.4 Å². The first-order valence-corrected chi connectivity index (χ1v) is 6.20. The Morgan fingerprint density at radius 3 is 2.94 bits per heavy atom. The van der Waals surface area contributed by atoms with Gasteiger partial charge in [0.1, 0.15) is 0 Å². The number of thioether (sulfide) groups is 1. The Labute approximate surface area is 103 Å². The summed E-state index contributed by atoms with van der Waals surface area (Å²) in [7, 11) is 0. The van der Waals surface area contributed by atoms with Crippen molar-refractivity contribution >= 4 is 17.7 Å². The molecule has 1 aromatic carbocycles. The van der Waals surface area contributed by atoms with Crippen LogP contribution in [0.3, 0.4) is 0 Å². The molecule has 2 aromatic rings. The number of benzene rings is 1. The molecule has 0 aliphatic heterocycles. The number of nitrogens with zero attached hydrogens (tertiary/aromatic N) is 2. The van der Waals surface area contributed by atoms with E-state index < -0.39 is 5.97 Å². The Morgan fingerprint density at radius 2 is 2.35 bits per heavy atom. The van der Waals surface area contributed by atoms with E-state index in [0.29, 0.717) is 11.3 Å². The van der Waals surface area contributed by atoms with E-state index in [-0.39, 0.29) is 0 Å². The fourth-order valence-electron chi connectivity index (χ4n) is 1.63. The number of carbonyl (C=O) groups is 1. The van der Waals surface area contributed by atoms with Crippen LogP contribution in [0.25, 0.3) is 5.69 Å². The number of carboxylic acid groups (broad SMARTS) is 1. The van der Waals surface area contributed by atoms with E-state index >= 15 is 0 Å². The lowest BCUT2D eigenvalue weighted by Gasteiger charge is -2.10. The zero-order valence-corrected chi connectivity index (χ0v) is 10.1. The van der Waals surface area contributed by atoms with Crippen LogP contribution in [-0.2, 0) is 0 Å². The van der Waals surface area contributed by atoms with Gasteiger partial charge in [-0.3, -0.25) is 0 Å². The van der Waals surface area contributed by atoms with Gasteiger partial charge in [-0.1, -0.05) is 13.0 Å². The fourth-order valence-corrected chi connectivity index (χ4v) is 2.45. The van der Waals surface area contributed by atoms with Gasteiger partial charge in [0.2, 0.25) is 0 Å². The second-order valence-electron chi connectivity index (χ2n) is 3.36. The van der Waals surface area contributed by atoms with Gasteiger partial charge in [-0.2, -0.15) is 0 Å². The Kier molecular flexibility index (Phi) is 3.49. The lowest BCUT2D eigenvalue weighted by Crippen LogP contribution is -2.06. The molecule has 0 bridgehead atoms. The molecular weight excluding hydrogens is 236 g/mol. The number of hydrogen-bond donors (Lipinski definition) is 1. The summed E-state index contributed by atoms with van der Waals surface area (Å²) < 4.78 is 1.71. The molecule has 0 atom stereocenters. The largest absolute Gasteiger partial charge is 0.478 e. The molecule has 0 spiro atoms. The van der Waals surface area contributed by atoms with Crippen molar-refractivity contribution in [1.82, 2.24) is 9.55 Å². The first-order valence-electron chi connectivity index (χ1n) is 5.21. The van der Waals surface area contributed by atoms with Crippen molar-refractivity contribution in [2.75, 3.05) is 5.75 Å². The normalized spacial score (nSPS) is 10.4. The van der Waals surface area contributed by atoms with Gasteiger partial charge in [0.05, 0.1) is 17.6 Å². The van der Waals surface area contributed by atoms with Gasteiger partial charge in [0.25, 0.3) is 0 Å². The minimum Gasteiger partial charge on any atom is -0.478 e. The molecule has 0 unspecified atom stereocenters. The van der Waals surface area contributed by atoms with E-state index in [1.54, 1.807) is 29.4 Å². The first kappa shape index (κ1) is 11.7. The van der Waals surface area contributed by atoms with Crippen molar-refractivity contribution in [3.63, 3.8) is 0 Å². The number of imidazole rings is 1. The van der Waals surface area contributed by atoms with Crippen molar-refractivity contribution in [1.29, 1.82) is 0 Å². The number of aromatic carboxylic acids is 1. The third kappa shape index (κ3) is 2.34. The number of aromatic nitrogens is 2. The zero-order valence-electron chi connectivity index (χ0n) is 9.33. The summed E-state index contributed by atoms with van der Waals surface area (Å²) >= 11 is 1.53. The maximum atomic E-state index is 11.4. The van der Waals surface area contributed by atoms with E-state index in [9.17, 15) is 9.90 Å². The highest BCUT2D eigenvalue weighted by Gasteiger charge is 2.16. The number of hydrogen-bond acceptors (Lipinski definition) is 3. The number of carboxylic acids is 1. The molecular formula is C12H12N2O2S. The second-order valence-corrected chi connectivity index (χ2v) is 4.66. The Bertz CT molecular complexity index is 523. The maximum Gasteiger partial charge on any atom is 0.338 e. The summed E-state index contributed by atoms with van der Waals surface area (Å²) in [6.45, 7) is 2.00. The Balaban J connectivity index is 2.59.